The molecule has 0 heterocycles. The maximum atomic E-state index is 12.0. The van der Waals surface area contributed by atoms with Crippen LogP contribution in [0.25, 0.3) is 0 Å². The number of aldehydes is 1. The maximum absolute atomic E-state index is 12.0. The van der Waals surface area contributed by atoms with Crippen LogP contribution in [0.15, 0.2) is 29.4 Å². The summed E-state index contributed by atoms with van der Waals surface area (Å²) in [6, 6.07) is 5.33. The molecule has 0 aliphatic carbocycles. The summed E-state index contributed by atoms with van der Waals surface area (Å²) < 4.78 is 0. The van der Waals surface area contributed by atoms with Crippen LogP contribution < -0.4 is 11.1 Å². The van der Waals surface area contributed by atoms with E-state index in [0.29, 0.717) is 6.29 Å². The number of nitrogens with one attached hydrogen (secondary N) is 2. The van der Waals surface area contributed by atoms with E-state index in [0.717, 1.165) is 0 Å². The quantitative estimate of drug-likeness (QED) is 0.499. The highest BCUT2D eigenvalue weighted by molar-refractivity contribution is 6.01. The van der Waals surface area contributed by atoms with Gasteiger partial charge in [0.1, 0.15) is 12.3 Å². The zero-order chi connectivity index (χ0) is 14.3. The molecule has 0 spiro atoms. The molecule has 0 aromatic heterocycles. The Morgan fingerprint density at radius 2 is 2.11 bits per heavy atom. The van der Waals surface area contributed by atoms with Crippen molar-refractivity contribution >= 4 is 23.8 Å². The van der Waals surface area contributed by atoms with Gasteiger partial charge in [-0.2, -0.15) is 5.11 Å². The highest BCUT2D eigenvalue weighted by atomic mass is 16.2. The number of benzene rings is 1. The van der Waals surface area contributed by atoms with E-state index in [9.17, 15) is 14.4 Å². The van der Waals surface area contributed by atoms with Gasteiger partial charge < -0.3 is 15.8 Å². The molecule has 0 fully saturated rings. The molecule has 7 heteroatoms. The van der Waals surface area contributed by atoms with Crippen molar-refractivity contribution in [1.82, 2.24) is 5.32 Å². The third-order valence-electron chi connectivity index (χ3n) is 2.49. The third-order valence-corrected chi connectivity index (χ3v) is 2.49. The summed E-state index contributed by atoms with van der Waals surface area (Å²) in [7, 11) is 0. The summed E-state index contributed by atoms with van der Waals surface area (Å²) in [6.45, 7) is 0. The Kier molecular flexibility index (Phi) is 5.34. The van der Waals surface area contributed by atoms with Gasteiger partial charge in [0.05, 0.1) is 11.3 Å². The average Bonchev–Trinajstić information content (AvgIpc) is 2.42. The molecule has 0 radical (unpaired) electrons. The van der Waals surface area contributed by atoms with E-state index < -0.39 is 17.9 Å². The highest BCUT2D eigenvalue weighted by Crippen LogP contribution is 2.18. The predicted octanol–water partition coefficient (Wildman–Crippen LogP) is 0.912. The number of nitrogens with zero attached hydrogens (tertiary/aromatic N) is 1. The Balaban J connectivity index is 2.84. The van der Waals surface area contributed by atoms with Crippen LogP contribution in [0.4, 0.5) is 5.69 Å². The van der Waals surface area contributed by atoms with Gasteiger partial charge in [-0.3, -0.25) is 9.59 Å². The van der Waals surface area contributed by atoms with Gasteiger partial charge in [0, 0.05) is 6.42 Å². The summed E-state index contributed by atoms with van der Waals surface area (Å²) in [4.78, 5) is 33.4. The van der Waals surface area contributed by atoms with Crippen molar-refractivity contribution in [1.29, 1.82) is 5.53 Å². The van der Waals surface area contributed by atoms with Gasteiger partial charge in [-0.25, -0.2) is 5.53 Å². The highest BCUT2D eigenvalue weighted by Gasteiger charge is 2.19. The molecular weight excluding hydrogens is 248 g/mol. The first-order chi connectivity index (χ1) is 9.10. The number of nitrogens with two attached hydrogens (primary N) is 1. The van der Waals surface area contributed by atoms with E-state index in [1.165, 1.54) is 12.1 Å². The zero-order valence-electron chi connectivity index (χ0n) is 10.1. The largest absolute Gasteiger partial charge is 0.368 e. The summed E-state index contributed by atoms with van der Waals surface area (Å²) in [5.74, 6) is -1.27. The summed E-state index contributed by atoms with van der Waals surface area (Å²) in [5.41, 5.74) is 12.5. The molecule has 19 heavy (non-hydrogen) atoms. The Bertz CT molecular complexity index is 502. The van der Waals surface area contributed by atoms with Crippen LogP contribution >= 0.6 is 0 Å². The smallest absolute Gasteiger partial charge is 0.254 e. The molecule has 0 saturated carbocycles. The van der Waals surface area contributed by atoms with Crippen molar-refractivity contribution in [3.63, 3.8) is 0 Å². The van der Waals surface area contributed by atoms with Crippen LogP contribution in [0.3, 0.4) is 0 Å². The first-order valence-electron chi connectivity index (χ1n) is 5.60. The van der Waals surface area contributed by atoms with Gasteiger partial charge in [-0.15, -0.1) is 0 Å². The number of primary amides is 1. The molecule has 100 valence electrons. The number of hydrogen-bond acceptors (Lipinski definition) is 5. The van der Waals surface area contributed by atoms with Crippen LogP contribution in [0, 0.1) is 5.53 Å². The van der Waals surface area contributed by atoms with Crippen molar-refractivity contribution in [2.45, 2.75) is 18.9 Å². The van der Waals surface area contributed by atoms with Crippen molar-refractivity contribution < 1.29 is 14.4 Å². The van der Waals surface area contributed by atoms with Crippen LogP contribution in [0.2, 0.25) is 0 Å². The van der Waals surface area contributed by atoms with Crippen LogP contribution in [-0.4, -0.2) is 24.1 Å². The minimum Gasteiger partial charge on any atom is -0.368 e. The molecule has 7 nitrogen and oxygen atoms in total. The fourth-order valence-electron chi connectivity index (χ4n) is 1.52. The van der Waals surface area contributed by atoms with Crippen LogP contribution in [-0.2, 0) is 9.59 Å². The molecule has 0 aliphatic rings. The number of amides is 2. The average molecular weight is 262 g/mol. The Morgan fingerprint density at radius 3 is 2.68 bits per heavy atom. The van der Waals surface area contributed by atoms with E-state index in [2.05, 4.69) is 10.4 Å². The second-order valence-electron chi connectivity index (χ2n) is 3.80. The van der Waals surface area contributed by atoms with Gasteiger partial charge in [0.15, 0.2) is 0 Å². The van der Waals surface area contributed by atoms with E-state index in [1.54, 1.807) is 12.1 Å². The van der Waals surface area contributed by atoms with Crippen molar-refractivity contribution in [2.75, 3.05) is 0 Å². The third kappa shape index (κ3) is 3.98. The summed E-state index contributed by atoms with van der Waals surface area (Å²) in [5, 5.41) is 5.65. The standard InChI is InChI=1S/C12H14N4O3/c13-11(18)10(6-3-7-17)15-12(19)8-4-1-2-5-9(8)16-14/h1-2,4-5,7,10,14H,3,6H2,(H2,13,18)(H,15,19). The lowest BCUT2D eigenvalue weighted by Crippen LogP contribution is -2.44. The molecular formula is C12H14N4O3. The fraction of sp³-hybridized carbons (Fsp3) is 0.250. The van der Waals surface area contributed by atoms with Gasteiger partial charge in [0.2, 0.25) is 5.91 Å². The van der Waals surface area contributed by atoms with E-state index >= 15 is 0 Å². The number of carbonyl (C=O) groups excluding carboxylic acids is 3. The Morgan fingerprint density at radius 1 is 1.42 bits per heavy atom. The minimum atomic E-state index is -0.920. The number of hydrogen-bond donors (Lipinski definition) is 3. The normalized spacial score (nSPS) is 11.4. The number of para-hydroxylation sites is 1. The summed E-state index contributed by atoms with van der Waals surface area (Å²) >= 11 is 0. The molecule has 1 rings (SSSR count). The Labute approximate surface area is 109 Å². The minimum absolute atomic E-state index is 0.123. The predicted molar refractivity (Wildman–Crippen MR) is 67.0 cm³/mol. The van der Waals surface area contributed by atoms with Gasteiger partial charge in [0.25, 0.3) is 5.91 Å². The van der Waals surface area contributed by atoms with Gasteiger partial charge in [-0.05, 0) is 18.6 Å². The second-order valence-corrected chi connectivity index (χ2v) is 3.80. The first-order valence-corrected chi connectivity index (χ1v) is 5.60. The lowest BCUT2D eigenvalue weighted by Gasteiger charge is -2.14. The maximum Gasteiger partial charge on any atom is 0.254 e. The van der Waals surface area contributed by atoms with E-state index in [-0.39, 0.29) is 24.1 Å². The fourth-order valence-corrected chi connectivity index (χ4v) is 1.52. The lowest BCUT2D eigenvalue weighted by molar-refractivity contribution is -0.120. The van der Waals surface area contributed by atoms with E-state index in [4.69, 9.17) is 11.3 Å². The molecule has 1 unspecified atom stereocenters. The number of carbonyl (C=O) groups is 3. The van der Waals surface area contributed by atoms with E-state index in [1.807, 2.05) is 0 Å². The second kappa shape index (κ2) is 7.00. The molecule has 0 saturated heterocycles. The topological polar surface area (TPSA) is 125 Å². The molecule has 1 aromatic rings. The molecule has 1 atom stereocenters. The van der Waals surface area contributed by atoms with Crippen LogP contribution in [0.1, 0.15) is 23.2 Å². The van der Waals surface area contributed by atoms with Gasteiger partial charge in [-0.1, -0.05) is 12.1 Å². The molecule has 1 aromatic carbocycles. The Hall–Kier alpha value is -2.57. The monoisotopic (exact) mass is 262 g/mol. The summed E-state index contributed by atoms with van der Waals surface area (Å²) in [6.07, 6.45) is 0.915. The molecule has 2 amide bonds. The van der Waals surface area contributed by atoms with Gasteiger partial charge >= 0.3 is 0 Å². The molecule has 0 aliphatic heterocycles. The molecule has 0 bridgehead atoms. The van der Waals surface area contributed by atoms with Crippen molar-refractivity contribution in [3.8, 4) is 0 Å². The van der Waals surface area contributed by atoms with Crippen LogP contribution in [0.5, 0.6) is 0 Å². The lowest BCUT2D eigenvalue weighted by atomic mass is 10.1. The van der Waals surface area contributed by atoms with Crippen molar-refractivity contribution in [3.05, 3.63) is 29.8 Å². The molecule has 4 N–H and O–H groups in total. The SMILES string of the molecule is N=Nc1ccccc1C(=O)NC(CCC=O)C(N)=O. The first kappa shape index (κ1) is 14.5. The number of rotatable bonds is 7. The van der Waals surface area contributed by atoms with Crippen molar-refractivity contribution in [2.24, 2.45) is 10.8 Å². The zero-order valence-corrected chi connectivity index (χ0v) is 10.1.